The number of methoxy groups -OCH3 is 3. The fraction of sp³-hybridized carbons (Fsp3) is 0.368. The zero-order valence-corrected chi connectivity index (χ0v) is 41.9. The molecule has 17 heterocycles. The van der Waals surface area contributed by atoms with Gasteiger partial charge in [0.2, 0.25) is 0 Å². The SMILES string of the molecule is COc1cc2c3cc1OCCOc1ccc(cc1)CN1CCN4CCN5Cc6ccc(cc6)OCCOc6cc(c(cc6OC)C3)Cc3cc(OC)c(cc3C2)OCCOc2ccc(cc2)CN(CC4)P15. The number of ether oxygens (including phenoxy) is 9. The molecule has 6 aromatic carbocycles. The summed E-state index contributed by atoms with van der Waals surface area (Å²) in [6.45, 7) is 10.6. The van der Waals surface area contributed by atoms with E-state index >= 15 is 0 Å². The fourth-order valence-electron chi connectivity index (χ4n) is 10.3. The zero-order chi connectivity index (χ0) is 48.1. The molecule has 0 N–H and O–H groups in total. The Kier molecular flexibility index (Phi) is 14.4. The molecule has 3 unspecified atom stereocenters. The van der Waals surface area contributed by atoms with Gasteiger partial charge in [-0.1, -0.05) is 36.4 Å². The predicted molar refractivity (Wildman–Crippen MR) is 274 cm³/mol. The van der Waals surface area contributed by atoms with E-state index in [0.29, 0.717) is 93.4 Å². The van der Waals surface area contributed by atoms with Crippen molar-refractivity contribution >= 4 is 8.37 Å². The summed E-state index contributed by atoms with van der Waals surface area (Å²) in [6, 6.07) is 38.6. The number of hydrogen-bond acceptors (Lipinski definition) is 13. The van der Waals surface area contributed by atoms with Crippen LogP contribution in [0.2, 0.25) is 0 Å². The van der Waals surface area contributed by atoms with E-state index in [-0.39, 0.29) is 0 Å². The molecule has 0 aromatic heterocycles. The Labute approximate surface area is 418 Å². The van der Waals surface area contributed by atoms with Gasteiger partial charge in [0.15, 0.2) is 34.5 Å². The van der Waals surface area contributed by atoms with Crippen molar-refractivity contribution in [2.75, 3.05) is 100 Å². The Morgan fingerprint density at radius 2 is 0.634 bits per heavy atom. The van der Waals surface area contributed by atoms with Crippen molar-refractivity contribution in [2.24, 2.45) is 0 Å². The lowest BCUT2D eigenvalue weighted by molar-refractivity contribution is 0.159. The van der Waals surface area contributed by atoms with Gasteiger partial charge in [-0.2, -0.15) is 0 Å². The Morgan fingerprint density at radius 3 is 0.930 bits per heavy atom. The van der Waals surface area contributed by atoms with Crippen LogP contribution in [0.1, 0.15) is 50.1 Å². The summed E-state index contributed by atoms with van der Waals surface area (Å²) in [7, 11) is 4.20. The Hall–Kier alpha value is -6.21. The largest absolute Gasteiger partial charge is 0.493 e. The summed E-state index contributed by atoms with van der Waals surface area (Å²) in [4.78, 5) is 2.63. The van der Waals surface area contributed by atoms with Crippen molar-refractivity contribution in [3.05, 3.63) is 159 Å². The van der Waals surface area contributed by atoms with Crippen molar-refractivity contribution in [3.63, 3.8) is 0 Å². The van der Waals surface area contributed by atoms with E-state index in [0.717, 1.165) is 110 Å². The van der Waals surface area contributed by atoms with Gasteiger partial charge in [0.25, 0.3) is 0 Å². The summed E-state index contributed by atoms with van der Waals surface area (Å²) < 4.78 is 64.8. The number of nitrogens with zero attached hydrogens (tertiary/aromatic N) is 4. The molecule has 0 radical (unpaired) electrons. The summed E-state index contributed by atoms with van der Waals surface area (Å²) in [6.07, 6.45) is 1.89. The van der Waals surface area contributed by atoms with Crippen LogP contribution in [0.25, 0.3) is 0 Å². The Bertz CT molecular complexity index is 2490. The molecule has 6 aromatic rings. The molecule has 18 aliphatic rings. The first-order valence-corrected chi connectivity index (χ1v) is 26.1. The second-order valence-electron chi connectivity index (χ2n) is 18.6. The molecular formula is C57H63N4O9P. The second-order valence-corrected chi connectivity index (χ2v) is 20.9. The van der Waals surface area contributed by atoms with Gasteiger partial charge in [0.05, 0.1) is 21.3 Å². The normalized spacial score (nSPS) is 22.1. The van der Waals surface area contributed by atoms with Crippen LogP contribution in [0.4, 0.5) is 0 Å². The smallest absolute Gasteiger partial charge is 0.161 e. The molecule has 24 rings (SSSR count). The van der Waals surface area contributed by atoms with Crippen molar-refractivity contribution < 1.29 is 42.6 Å². The first kappa shape index (κ1) is 47.1. The average molecular weight is 979 g/mol. The van der Waals surface area contributed by atoms with Crippen molar-refractivity contribution in [1.82, 2.24) is 18.9 Å². The molecule has 0 saturated carbocycles. The van der Waals surface area contributed by atoms with Crippen LogP contribution >= 0.6 is 8.37 Å². The van der Waals surface area contributed by atoms with E-state index in [2.05, 4.69) is 128 Å². The molecule has 370 valence electrons. The van der Waals surface area contributed by atoms with Crippen molar-refractivity contribution in [2.45, 2.75) is 38.9 Å². The maximum atomic E-state index is 6.51. The topological polar surface area (TPSA) is 96.0 Å². The molecule has 0 amide bonds. The highest BCUT2D eigenvalue weighted by atomic mass is 31.2. The first-order chi connectivity index (χ1) is 34.9. The van der Waals surface area contributed by atoms with E-state index in [1.54, 1.807) is 21.3 Å². The Balaban J connectivity index is 1.02. The highest BCUT2D eigenvalue weighted by molar-refractivity contribution is 7.50. The minimum Gasteiger partial charge on any atom is -0.493 e. The maximum absolute atomic E-state index is 6.51. The molecule has 3 fully saturated rings. The minimum atomic E-state index is -0.873. The first-order valence-electron chi connectivity index (χ1n) is 24.9. The maximum Gasteiger partial charge on any atom is 0.161 e. The van der Waals surface area contributed by atoms with E-state index in [4.69, 9.17) is 42.6 Å². The van der Waals surface area contributed by atoms with E-state index in [9.17, 15) is 0 Å². The van der Waals surface area contributed by atoms with Crippen LogP contribution in [0.3, 0.4) is 0 Å². The monoisotopic (exact) mass is 978 g/mol. The van der Waals surface area contributed by atoms with Gasteiger partial charge in [-0.3, -0.25) is 18.9 Å². The quantitative estimate of drug-likeness (QED) is 0.158. The lowest BCUT2D eigenvalue weighted by atomic mass is 9.94. The highest BCUT2D eigenvalue weighted by Crippen LogP contribution is 2.52. The summed E-state index contributed by atoms with van der Waals surface area (Å²) >= 11 is 0. The fourth-order valence-corrected chi connectivity index (χ4v) is 13.1. The molecule has 13 nitrogen and oxygen atoms in total. The number of hydrogen-bond donors (Lipinski definition) is 0. The van der Waals surface area contributed by atoms with Gasteiger partial charge in [-0.05, 0) is 142 Å². The van der Waals surface area contributed by atoms with Gasteiger partial charge in [0.1, 0.15) is 65.3 Å². The molecule has 0 spiro atoms. The highest BCUT2D eigenvalue weighted by Gasteiger charge is 2.37. The molecule has 14 heteroatoms. The minimum absolute atomic E-state index is 0.338. The lowest BCUT2D eigenvalue weighted by Gasteiger charge is -2.50. The Morgan fingerprint density at radius 1 is 0.352 bits per heavy atom. The lowest BCUT2D eigenvalue weighted by Crippen LogP contribution is -2.51. The predicted octanol–water partition coefficient (Wildman–Crippen LogP) is 9.16. The molecular weight excluding hydrogens is 916 g/mol. The molecule has 71 heavy (non-hydrogen) atoms. The summed E-state index contributed by atoms with van der Waals surface area (Å²) in [5.41, 5.74) is 10.4. The van der Waals surface area contributed by atoms with Gasteiger partial charge in [0, 0.05) is 58.9 Å². The van der Waals surface area contributed by atoms with Crippen LogP contribution in [-0.2, 0) is 38.9 Å². The van der Waals surface area contributed by atoms with E-state index < -0.39 is 8.37 Å². The molecule has 3 atom stereocenters. The number of benzene rings is 6. The summed E-state index contributed by atoms with van der Waals surface area (Å²) in [5.74, 6) is 6.39. The standard InChI is InChI=1S/C57H63N4O9P/c1-62-52-31-43-28-47-35-56-54(64-3)33-45(47)30-48-36-57-53(63-2)32-44(48)29-46(43)34-55(52)68-25-22-65-49-10-4-40(5-11-49)37-59-19-16-58-17-20-60(38-41-6-12-50(13-7-41)66-23-26-69-56)71(59)61(21-18-58)39-42-8-14-51(15-9-42)67-24-27-70-57/h4-15,31-36H,16-30,37-39H2,1-3H3. The third-order valence-electron chi connectivity index (χ3n) is 14.1. The van der Waals surface area contributed by atoms with Crippen LogP contribution < -0.4 is 42.6 Å². The summed E-state index contributed by atoms with van der Waals surface area (Å²) in [5, 5.41) is 0. The van der Waals surface area contributed by atoms with Crippen molar-refractivity contribution in [1.29, 1.82) is 0 Å². The molecule has 20 bridgehead atoms. The third-order valence-corrected chi connectivity index (χ3v) is 16.6. The van der Waals surface area contributed by atoms with E-state index in [1.807, 2.05) is 0 Å². The van der Waals surface area contributed by atoms with Crippen LogP contribution in [0.15, 0.2) is 109 Å². The second kappa shape index (κ2) is 21.6. The van der Waals surface area contributed by atoms with Gasteiger partial charge >= 0.3 is 0 Å². The molecule has 1 aliphatic carbocycles. The van der Waals surface area contributed by atoms with Crippen LogP contribution in [0, 0.1) is 0 Å². The van der Waals surface area contributed by atoms with Gasteiger partial charge in [-0.15, -0.1) is 0 Å². The van der Waals surface area contributed by atoms with Crippen molar-refractivity contribution in [3.8, 4) is 51.7 Å². The van der Waals surface area contributed by atoms with Gasteiger partial charge in [-0.25, -0.2) is 0 Å². The molecule has 3 saturated heterocycles. The number of rotatable bonds is 3. The molecule has 17 aliphatic heterocycles. The van der Waals surface area contributed by atoms with E-state index in [1.165, 1.54) is 16.7 Å². The number of fused-ring (bicyclic) bond motifs is 4. The average Bonchev–Trinajstić information content (AvgIpc) is 3.43. The van der Waals surface area contributed by atoms with Gasteiger partial charge < -0.3 is 42.6 Å². The van der Waals surface area contributed by atoms with Crippen LogP contribution in [-0.4, -0.2) is 119 Å². The third kappa shape index (κ3) is 10.9. The zero-order valence-electron chi connectivity index (χ0n) is 41.0. The van der Waals surface area contributed by atoms with Crippen LogP contribution in [0.5, 0.6) is 51.7 Å².